The van der Waals surface area contributed by atoms with Crippen LogP contribution in [0.5, 0.6) is 11.5 Å². The first-order chi connectivity index (χ1) is 14.0. The molecule has 2 aromatic rings. The molecule has 1 N–H and O–H groups in total. The van der Waals surface area contributed by atoms with E-state index < -0.39 is 0 Å². The Labute approximate surface area is 169 Å². The van der Waals surface area contributed by atoms with Crippen molar-refractivity contribution in [2.75, 3.05) is 51.8 Å². The zero-order valence-electron chi connectivity index (χ0n) is 16.5. The van der Waals surface area contributed by atoms with E-state index in [0.29, 0.717) is 43.2 Å². The lowest BCUT2D eigenvalue weighted by Gasteiger charge is -2.36. The summed E-state index contributed by atoms with van der Waals surface area (Å²) in [6.45, 7) is 2.30. The van der Waals surface area contributed by atoms with E-state index in [2.05, 4.69) is 10.2 Å². The molecule has 0 spiro atoms. The van der Waals surface area contributed by atoms with Gasteiger partial charge in [-0.3, -0.25) is 9.59 Å². The van der Waals surface area contributed by atoms with Gasteiger partial charge in [0.1, 0.15) is 17.3 Å². The minimum atomic E-state index is -0.375. The second-order valence-electron chi connectivity index (χ2n) is 6.63. The van der Waals surface area contributed by atoms with E-state index >= 15 is 0 Å². The van der Waals surface area contributed by atoms with Crippen LogP contribution in [0.1, 0.15) is 10.4 Å². The summed E-state index contributed by atoms with van der Waals surface area (Å²) >= 11 is 0. The van der Waals surface area contributed by atoms with Gasteiger partial charge < -0.3 is 24.6 Å². The van der Waals surface area contributed by atoms with Gasteiger partial charge in [0.15, 0.2) is 0 Å². The fraction of sp³-hybridized carbons (Fsp3) is 0.333. The van der Waals surface area contributed by atoms with Gasteiger partial charge in [0.2, 0.25) is 5.91 Å². The van der Waals surface area contributed by atoms with Gasteiger partial charge in [-0.2, -0.15) is 0 Å². The van der Waals surface area contributed by atoms with E-state index in [4.69, 9.17) is 9.47 Å². The number of anilines is 1. The summed E-state index contributed by atoms with van der Waals surface area (Å²) in [7, 11) is 3.01. The summed E-state index contributed by atoms with van der Waals surface area (Å²) in [6, 6.07) is 11.2. The minimum Gasteiger partial charge on any atom is -0.497 e. The summed E-state index contributed by atoms with van der Waals surface area (Å²) in [5.41, 5.74) is 1.29. The molecule has 3 rings (SSSR count). The Kier molecular flexibility index (Phi) is 6.54. The molecule has 0 bridgehead atoms. The molecule has 29 heavy (non-hydrogen) atoms. The van der Waals surface area contributed by atoms with Crippen LogP contribution in [0.15, 0.2) is 42.5 Å². The number of amides is 2. The molecule has 0 atom stereocenters. The van der Waals surface area contributed by atoms with Crippen LogP contribution in [0.2, 0.25) is 0 Å². The molecule has 2 aromatic carbocycles. The number of halogens is 1. The highest BCUT2D eigenvalue weighted by Gasteiger charge is 2.22. The summed E-state index contributed by atoms with van der Waals surface area (Å²) in [5, 5.41) is 2.65. The molecular formula is C21H24FN3O4. The highest BCUT2D eigenvalue weighted by molar-refractivity contribution is 5.97. The molecule has 2 amide bonds. The zero-order valence-corrected chi connectivity index (χ0v) is 16.5. The van der Waals surface area contributed by atoms with Crippen molar-refractivity contribution in [3.8, 4) is 11.5 Å². The smallest absolute Gasteiger partial charge is 0.251 e. The second-order valence-corrected chi connectivity index (χ2v) is 6.63. The van der Waals surface area contributed by atoms with Gasteiger partial charge in [-0.1, -0.05) is 0 Å². The topological polar surface area (TPSA) is 71.1 Å². The first kappa shape index (κ1) is 20.4. The van der Waals surface area contributed by atoms with E-state index in [1.165, 1.54) is 26.4 Å². The predicted octanol–water partition coefficient (Wildman–Crippen LogP) is 1.92. The van der Waals surface area contributed by atoms with Crippen LogP contribution in [-0.2, 0) is 4.79 Å². The van der Waals surface area contributed by atoms with Crippen LogP contribution < -0.4 is 19.7 Å². The number of carbonyl (C=O) groups excluding carboxylic acids is 2. The third-order valence-electron chi connectivity index (χ3n) is 4.84. The molecule has 0 saturated carbocycles. The van der Waals surface area contributed by atoms with Crippen molar-refractivity contribution in [3.63, 3.8) is 0 Å². The number of nitrogens with zero attached hydrogens (tertiary/aromatic N) is 2. The fourth-order valence-electron chi connectivity index (χ4n) is 3.17. The van der Waals surface area contributed by atoms with Gasteiger partial charge in [-0.25, -0.2) is 4.39 Å². The Balaban J connectivity index is 1.51. The van der Waals surface area contributed by atoms with Crippen LogP contribution in [0.3, 0.4) is 0 Å². The number of hydrogen-bond acceptors (Lipinski definition) is 5. The van der Waals surface area contributed by atoms with Gasteiger partial charge >= 0.3 is 0 Å². The molecular weight excluding hydrogens is 377 g/mol. The van der Waals surface area contributed by atoms with Crippen molar-refractivity contribution in [2.45, 2.75) is 0 Å². The van der Waals surface area contributed by atoms with Gasteiger partial charge in [-0.05, 0) is 36.4 Å². The van der Waals surface area contributed by atoms with E-state index in [1.807, 2.05) is 0 Å². The molecule has 154 valence electrons. The molecule has 0 unspecified atom stereocenters. The molecule has 8 heteroatoms. The van der Waals surface area contributed by atoms with E-state index in [1.54, 1.807) is 35.2 Å². The predicted molar refractivity (Wildman–Crippen MR) is 107 cm³/mol. The molecule has 0 aromatic heterocycles. The Hall–Kier alpha value is -3.29. The molecule has 7 nitrogen and oxygen atoms in total. The van der Waals surface area contributed by atoms with Crippen molar-refractivity contribution in [2.24, 2.45) is 0 Å². The van der Waals surface area contributed by atoms with Gasteiger partial charge in [-0.15, -0.1) is 0 Å². The Morgan fingerprint density at radius 1 is 0.966 bits per heavy atom. The average Bonchev–Trinajstić information content (AvgIpc) is 2.77. The SMILES string of the molecule is COc1cc(OC)cc(C(=O)NCC(=O)N2CCN(c3ccc(F)cc3)CC2)c1. The Morgan fingerprint density at radius 2 is 1.55 bits per heavy atom. The van der Waals surface area contributed by atoms with E-state index in [0.717, 1.165) is 5.69 Å². The largest absolute Gasteiger partial charge is 0.497 e. The monoisotopic (exact) mass is 401 g/mol. The van der Waals surface area contributed by atoms with Crippen LogP contribution in [0.4, 0.5) is 10.1 Å². The number of benzene rings is 2. The lowest BCUT2D eigenvalue weighted by atomic mass is 10.2. The standard InChI is InChI=1S/C21H24FN3O4/c1-28-18-11-15(12-19(13-18)29-2)21(27)23-14-20(26)25-9-7-24(8-10-25)17-5-3-16(22)4-6-17/h3-6,11-13H,7-10,14H2,1-2H3,(H,23,27). The molecule has 1 aliphatic heterocycles. The summed E-state index contributed by atoms with van der Waals surface area (Å²) in [4.78, 5) is 28.7. The zero-order chi connectivity index (χ0) is 20.8. The maximum Gasteiger partial charge on any atom is 0.251 e. The van der Waals surface area contributed by atoms with Gasteiger partial charge in [0.25, 0.3) is 5.91 Å². The summed E-state index contributed by atoms with van der Waals surface area (Å²) in [6.07, 6.45) is 0. The lowest BCUT2D eigenvalue weighted by Crippen LogP contribution is -2.51. The number of piperazine rings is 1. The average molecular weight is 401 g/mol. The third kappa shape index (κ3) is 5.16. The maximum absolute atomic E-state index is 13.1. The van der Waals surface area contributed by atoms with Crippen molar-refractivity contribution in [1.82, 2.24) is 10.2 Å². The van der Waals surface area contributed by atoms with Crippen molar-refractivity contribution >= 4 is 17.5 Å². The number of nitrogens with one attached hydrogen (secondary N) is 1. The number of methoxy groups -OCH3 is 2. The highest BCUT2D eigenvalue weighted by atomic mass is 19.1. The second kappa shape index (κ2) is 9.27. The normalized spacial score (nSPS) is 13.8. The third-order valence-corrected chi connectivity index (χ3v) is 4.84. The molecule has 1 aliphatic rings. The number of ether oxygens (including phenoxy) is 2. The first-order valence-corrected chi connectivity index (χ1v) is 9.29. The van der Waals surface area contributed by atoms with Crippen molar-refractivity contribution in [3.05, 3.63) is 53.8 Å². The fourth-order valence-corrected chi connectivity index (χ4v) is 3.17. The Bertz CT molecular complexity index is 842. The van der Waals surface area contributed by atoms with Crippen LogP contribution in [0.25, 0.3) is 0 Å². The quantitative estimate of drug-likeness (QED) is 0.801. The molecule has 1 heterocycles. The van der Waals surface area contributed by atoms with Gasteiger partial charge in [0.05, 0.1) is 20.8 Å². The molecule has 0 aliphatic carbocycles. The van der Waals surface area contributed by atoms with Crippen molar-refractivity contribution in [1.29, 1.82) is 0 Å². The number of carbonyl (C=O) groups is 2. The van der Waals surface area contributed by atoms with Crippen LogP contribution in [-0.4, -0.2) is 63.7 Å². The molecule has 1 saturated heterocycles. The minimum absolute atomic E-state index is 0.0884. The summed E-state index contributed by atoms with van der Waals surface area (Å²) in [5.74, 6) is 0.204. The van der Waals surface area contributed by atoms with Crippen LogP contribution in [0, 0.1) is 5.82 Å². The maximum atomic E-state index is 13.1. The van der Waals surface area contributed by atoms with Crippen LogP contribution >= 0.6 is 0 Å². The number of rotatable bonds is 6. The van der Waals surface area contributed by atoms with Gasteiger partial charge in [0, 0.05) is 43.5 Å². The first-order valence-electron chi connectivity index (χ1n) is 9.29. The highest BCUT2D eigenvalue weighted by Crippen LogP contribution is 2.22. The van der Waals surface area contributed by atoms with E-state index in [9.17, 15) is 14.0 Å². The number of hydrogen-bond donors (Lipinski definition) is 1. The molecule has 1 fully saturated rings. The molecule has 0 radical (unpaired) electrons. The van der Waals surface area contributed by atoms with E-state index in [-0.39, 0.29) is 24.2 Å². The summed E-state index contributed by atoms with van der Waals surface area (Å²) < 4.78 is 23.4. The Morgan fingerprint density at radius 3 is 2.10 bits per heavy atom. The van der Waals surface area contributed by atoms with Crippen molar-refractivity contribution < 1.29 is 23.5 Å². The lowest BCUT2D eigenvalue weighted by molar-refractivity contribution is -0.130.